The monoisotopic (exact) mass is 669 g/mol. The molecule has 234 valence electrons. The Hall–Kier alpha value is -2.09. The van der Waals surface area contributed by atoms with Crippen LogP contribution in [0.2, 0.25) is 0 Å². The minimum Gasteiger partial charge on any atom is -0.491 e. The van der Waals surface area contributed by atoms with Crippen molar-refractivity contribution in [3.05, 3.63) is 35.0 Å². The Kier molecular flexibility index (Phi) is 14.1. The molecule has 1 aliphatic heterocycles. The first-order valence-electron chi connectivity index (χ1n) is 14.3. The summed E-state index contributed by atoms with van der Waals surface area (Å²) in [5, 5.41) is 14.0. The number of carbonyl (C=O) groups excluding carboxylic acids is 2. The summed E-state index contributed by atoms with van der Waals surface area (Å²) in [4.78, 5) is 33.0. The summed E-state index contributed by atoms with van der Waals surface area (Å²) in [5.41, 5.74) is 4.31. The van der Waals surface area contributed by atoms with Gasteiger partial charge in [-0.05, 0) is 24.0 Å². The summed E-state index contributed by atoms with van der Waals surface area (Å²) in [6.07, 6.45) is -0.192. The quantitative estimate of drug-likeness (QED) is 0.192. The highest BCUT2D eigenvalue weighted by Gasteiger charge is 2.39. The van der Waals surface area contributed by atoms with Crippen LogP contribution in [0.4, 0.5) is 0 Å². The number of ether oxygens (including phenoxy) is 4. The van der Waals surface area contributed by atoms with Gasteiger partial charge >= 0.3 is 0 Å². The first-order chi connectivity index (χ1) is 20.1. The van der Waals surface area contributed by atoms with E-state index in [1.54, 1.807) is 11.3 Å². The fourth-order valence-electron chi connectivity index (χ4n) is 4.56. The highest BCUT2D eigenvalue weighted by molar-refractivity contribution is 9.09. The van der Waals surface area contributed by atoms with Gasteiger partial charge < -0.3 is 34.3 Å². The highest BCUT2D eigenvalue weighted by atomic mass is 79.9. The molecule has 2 amide bonds. The van der Waals surface area contributed by atoms with Crippen LogP contribution in [0, 0.1) is 12.3 Å². The number of thiazole rings is 1. The van der Waals surface area contributed by atoms with E-state index in [1.807, 2.05) is 51.4 Å². The predicted octanol–water partition coefficient (Wildman–Crippen LogP) is 3.96. The maximum atomic E-state index is 13.2. The lowest BCUT2D eigenvalue weighted by molar-refractivity contribution is -0.140. The predicted molar refractivity (Wildman–Crippen MR) is 166 cm³/mol. The zero-order valence-electron chi connectivity index (χ0n) is 25.0. The summed E-state index contributed by atoms with van der Waals surface area (Å²) in [6.45, 7) is 11.6. The van der Waals surface area contributed by atoms with Crippen LogP contribution in [0.25, 0.3) is 10.4 Å². The number of rotatable bonds is 17. The molecule has 0 spiro atoms. The minimum absolute atomic E-state index is 0.124. The third kappa shape index (κ3) is 11.2. The molecule has 2 atom stereocenters. The van der Waals surface area contributed by atoms with Crippen LogP contribution in [-0.4, -0.2) is 97.1 Å². The van der Waals surface area contributed by atoms with Gasteiger partial charge in [0.2, 0.25) is 11.8 Å². The van der Waals surface area contributed by atoms with E-state index in [-0.39, 0.29) is 36.7 Å². The summed E-state index contributed by atoms with van der Waals surface area (Å²) < 4.78 is 22.6. The summed E-state index contributed by atoms with van der Waals surface area (Å²) in [6, 6.07) is 5.17. The molecule has 42 heavy (non-hydrogen) atoms. The van der Waals surface area contributed by atoms with E-state index in [0.717, 1.165) is 27.0 Å². The van der Waals surface area contributed by atoms with Gasteiger partial charge in [-0.15, -0.1) is 11.3 Å². The van der Waals surface area contributed by atoms with Crippen molar-refractivity contribution in [1.82, 2.24) is 15.2 Å². The molecule has 1 aliphatic rings. The Balaban J connectivity index is 1.57. The van der Waals surface area contributed by atoms with Gasteiger partial charge in [0, 0.05) is 36.8 Å². The summed E-state index contributed by atoms with van der Waals surface area (Å²) in [7, 11) is 0. The first-order valence-corrected chi connectivity index (χ1v) is 16.3. The third-order valence-electron chi connectivity index (χ3n) is 6.56. The number of aromatic nitrogens is 1. The van der Waals surface area contributed by atoms with Crippen LogP contribution in [0.5, 0.6) is 5.75 Å². The van der Waals surface area contributed by atoms with Gasteiger partial charge in [0.05, 0.1) is 61.8 Å². The molecule has 0 saturated carbocycles. The van der Waals surface area contributed by atoms with Gasteiger partial charge in [-0.25, -0.2) is 4.98 Å². The fourth-order valence-corrected chi connectivity index (χ4v) is 5.59. The Morgan fingerprint density at radius 2 is 1.76 bits per heavy atom. The second-order valence-electron chi connectivity index (χ2n) is 11.4. The van der Waals surface area contributed by atoms with E-state index in [4.69, 9.17) is 18.9 Å². The molecule has 3 rings (SSSR count). The van der Waals surface area contributed by atoms with Crippen molar-refractivity contribution in [2.45, 2.75) is 59.2 Å². The Labute approximate surface area is 261 Å². The van der Waals surface area contributed by atoms with Crippen molar-refractivity contribution < 1.29 is 33.6 Å². The number of β-amino-alcohol motifs (C(OH)–C–C–N with tert-alkyl or cyclic N) is 1. The molecule has 1 fully saturated rings. The number of aryl methyl sites for hydroxylation is 1. The van der Waals surface area contributed by atoms with Crippen LogP contribution < -0.4 is 10.1 Å². The second-order valence-corrected chi connectivity index (χ2v) is 13.0. The molecule has 0 aliphatic carbocycles. The maximum Gasteiger partial charge on any atom is 0.243 e. The number of benzene rings is 1. The SMILES string of the molecule is Cc1ncsc1-c1ccc(CNC(=O)[C@@H]2C[C@@H](O)CN2C(=O)CC(C)(C)C)c(OCCOCCOCCOCCBr)c1. The van der Waals surface area contributed by atoms with Gasteiger partial charge in [-0.2, -0.15) is 0 Å². The zero-order chi connectivity index (χ0) is 30.5. The molecule has 2 heterocycles. The Morgan fingerprint density at radius 3 is 2.38 bits per heavy atom. The standard InChI is InChI=1S/C30H44BrN3O7S/c1-21-28(42-20-33-21)22-5-6-23(26(15-22)41-14-13-40-12-11-39-10-9-38-8-7-31)18-32-29(37)25-16-24(35)19-34(25)27(36)17-30(2,3)4/h5-6,15,20,24-25,35H,7-14,16-19H2,1-4H3,(H,32,37)/t24-,25+/m1/s1. The van der Waals surface area contributed by atoms with E-state index in [1.165, 1.54) is 4.90 Å². The largest absolute Gasteiger partial charge is 0.491 e. The van der Waals surface area contributed by atoms with Crippen molar-refractivity contribution in [1.29, 1.82) is 0 Å². The molecular weight excluding hydrogens is 626 g/mol. The van der Waals surface area contributed by atoms with Crippen LogP contribution in [0.1, 0.15) is 44.9 Å². The van der Waals surface area contributed by atoms with Crippen molar-refractivity contribution in [2.75, 3.05) is 58.1 Å². The number of alkyl halides is 1. The van der Waals surface area contributed by atoms with Gasteiger partial charge in [0.25, 0.3) is 0 Å². The number of aliphatic hydroxyl groups excluding tert-OH is 1. The van der Waals surface area contributed by atoms with Crippen molar-refractivity contribution >= 4 is 39.1 Å². The number of nitrogens with zero attached hydrogens (tertiary/aromatic N) is 2. The van der Waals surface area contributed by atoms with Gasteiger partial charge in [-0.1, -0.05) is 48.8 Å². The van der Waals surface area contributed by atoms with Crippen LogP contribution in [0.15, 0.2) is 23.7 Å². The first kappa shape index (κ1) is 34.4. The second kappa shape index (κ2) is 17.3. The number of nitrogens with one attached hydrogen (secondary N) is 1. The molecule has 12 heteroatoms. The van der Waals surface area contributed by atoms with E-state index in [9.17, 15) is 14.7 Å². The molecule has 1 aromatic heterocycles. The van der Waals surface area contributed by atoms with Crippen LogP contribution in [-0.2, 0) is 30.3 Å². The van der Waals surface area contributed by atoms with Gasteiger partial charge in [-0.3, -0.25) is 9.59 Å². The summed E-state index contributed by atoms with van der Waals surface area (Å²) in [5.74, 6) is 0.223. The molecule has 0 radical (unpaired) electrons. The minimum atomic E-state index is -0.719. The van der Waals surface area contributed by atoms with Crippen LogP contribution in [0.3, 0.4) is 0 Å². The maximum absolute atomic E-state index is 13.2. The number of hydrogen-bond acceptors (Lipinski definition) is 9. The molecule has 2 N–H and O–H groups in total. The Morgan fingerprint density at radius 1 is 1.10 bits per heavy atom. The molecule has 10 nitrogen and oxygen atoms in total. The number of halogens is 1. The number of aliphatic hydroxyl groups is 1. The van der Waals surface area contributed by atoms with Crippen molar-refractivity contribution in [2.24, 2.45) is 5.41 Å². The Bertz CT molecular complexity index is 1140. The lowest BCUT2D eigenvalue weighted by atomic mass is 9.91. The topological polar surface area (TPSA) is 119 Å². The van der Waals surface area contributed by atoms with Gasteiger partial charge in [0.1, 0.15) is 18.4 Å². The normalized spacial score (nSPS) is 17.0. The molecule has 1 saturated heterocycles. The highest BCUT2D eigenvalue weighted by Crippen LogP contribution is 2.32. The fraction of sp³-hybridized carbons (Fsp3) is 0.633. The summed E-state index contributed by atoms with van der Waals surface area (Å²) >= 11 is 4.87. The van der Waals surface area contributed by atoms with E-state index >= 15 is 0 Å². The molecule has 2 aromatic rings. The number of likely N-dealkylation sites (tertiary alicyclic amines) is 1. The smallest absolute Gasteiger partial charge is 0.243 e. The number of carbonyl (C=O) groups is 2. The molecule has 1 aromatic carbocycles. The zero-order valence-corrected chi connectivity index (χ0v) is 27.4. The lowest BCUT2D eigenvalue weighted by Gasteiger charge is -2.27. The van der Waals surface area contributed by atoms with E-state index in [2.05, 4.69) is 26.2 Å². The lowest BCUT2D eigenvalue weighted by Crippen LogP contribution is -2.46. The number of amides is 2. The van der Waals surface area contributed by atoms with Crippen molar-refractivity contribution in [3.8, 4) is 16.2 Å². The average Bonchev–Trinajstić information content (AvgIpc) is 3.55. The van der Waals surface area contributed by atoms with Gasteiger partial charge in [0.15, 0.2) is 0 Å². The molecule has 0 unspecified atom stereocenters. The molecular formula is C30H44BrN3O7S. The molecule has 0 bridgehead atoms. The number of hydrogen-bond donors (Lipinski definition) is 2. The average molecular weight is 671 g/mol. The van der Waals surface area contributed by atoms with Crippen LogP contribution >= 0.6 is 27.3 Å². The third-order valence-corrected chi connectivity index (χ3v) is 7.86. The van der Waals surface area contributed by atoms with E-state index in [0.29, 0.717) is 58.4 Å². The van der Waals surface area contributed by atoms with E-state index < -0.39 is 12.1 Å². The van der Waals surface area contributed by atoms with Crippen molar-refractivity contribution in [3.63, 3.8) is 0 Å².